The van der Waals surface area contributed by atoms with Gasteiger partial charge in [0.25, 0.3) is 0 Å². The molecule has 0 radical (unpaired) electrons. The zero-order valence-electron chi connectivity index (χ0n) is 8.87. The lowest BCUT2D eigenvalue weighted by Gasteiger charge is -2.22. The Kier molecular flexibility index (Phi) is 5.50. The van der Waals surface area contributed by atoms with Gasteiger partial charge in [0.1, 0.15) is 0 Å². The van der Waals surface area contributed by atoms with Crippen molar-refractivity contribution in [2.45, 2.75) is 44.6 Å². The van der Waals surface area contributed by atoms with Crippen LogP contribution in [0.15, 0.2) is 4.99 Å². The molecule has 1 atom stereocenters. The minimum atomic E-state index is 0.120. The Balaban J connectivity index is 2.43. The normalized spacial score (nSPS) is 20.9. The van der Waals surface area contributed by atoms with Crippen molar-refractivity contribution in [1.29, 1.82) is 0 Å². The fourth-order valence-corrected chi connectivity index (χ4v) is 2.23. The highest BCUT2D eigenvalue weighted by Crippen LogP contribution is 2.26. The Hall–Kier alpha value is -0.660. The predicted molar refractivity (Wildman–Crippen MR) is 55.0 cm³/mol. The van der Waals surface area contributed by atoms with Gasteiger partial charge in [-0.15, -0.1) is 0 Å². The first-order valence-electron chi connectivity index (χ1n) is 5.45. The SMILES string of the molecule is COC(CN=C=O)C1CCCCCC1. The molecule has 3 heteroatoms. The van der Waals surface area contributed by atoms with Crippen LogP contribution in [0, 0.1) is 5.92 Å². The van der Waals surface area contributed by atoms with Crippen molar-refractivity contribution in [3.8, 4) is 0 Å². The molecule has 14 heavy (non-hydrogen) atoms. The molecule has 0 aromatic heterocycles. The summed E-state index contributed by atoms with van der Waals surface area (Å²) in [5.74, 6) is 0.583. The van der Waals surface area contributed by atoms with E-state index in [0.29, 0.717) is 12.5 Å². The monoisotopic (exact) mass is 197 g/mol. The Bertz CT molecular complexity index is 191. The zero-order chi connectivity index (χ0) is 10.2. The van der Waals surface area contributed by atoms with Crippen LogP contribution in [0.1, 0.15) is 38.5 Å². The van der Waals surface area contributed by atoms with E-state index < -0.39 is 0 Å². The molecule has 0 aromatic rings. The predicted octanol–water partition coefficient (Wildman–Crippen LogP) is 2.31. The van der Waals surface area contributed by atoms with Crippen LogP contribution >= 0.6 is 0 Å². The highest BCUT2D eigenvalue weighted by molar-refractivity contribution is 5.32. The molecule has 1 aliphatic carbocycles. The van der Waals surface area contributed by atoms with E-state index in [9.17, 15) is 4.79 Å². The maximum atomic E-state index is 10.0. The Morgan fingerprint density at radius 1 is 1.36 bits per heavy atom. The van der Waals surface area contributed by atoms with Crippen molar-refractivity contribution < 1.29 is 9.53 Å². The molecule has 0 heterocycles. The van der Waals surface area contributed by atoms with E-state index in [-0.39, 0.29) is 6.10 Å². The highest BCUT2D eigenvalue weighted by atomic mass is 16.5. The first-order chi connectivity index (χ1) is 6.88. The molecule has 80 valence electrons. The smallest absolute Gasteiger partial charge is 0.235 e. The summed E-state index contributed by atoms with van der Waals surface area (Å²) < 4.78 is 5.37. The van der Waals surface area contributed by atoms with Crippen molar-refractivity contribution >= 4 is 6.08 Å². The van der Waals surface area contributed by atoms with Gasteiger partial charge < -0.3 is 4.74 Å². The quantitative estimate of drug-likeness (QED) is 0.394. The molecule has 1 unspecified atom stereocenters. The molecule has 0 bridgehead atoms. The second kappa shape index (κ2) is 6.74. The molecule has 0 spiro atoms. The highest BCUT2D eigenvalue weighted by Gasteiger charge is 2.21. The van der Waals surface area contributed by atoms with Gasteiger partial charge in [-0.05, 0) is 18.8 Å². The van der Waals surface area contributed by atoms with Gasteiger partial charge >= 0.3 is 0 Å². The fourth-order valence-electron chi connectivity index (χ4n) is 2.23. The van der Waals surface area contributed by atoms with Crippen molar-refractivity contribution in [3.63, 3.8) is 0 Å². The van der Waals surface area contributed by atoms with Crippen LogP contribution in [-0.2, 0) is 9.53 Å². The van der Waals surface area contributed by atoms with Gasteiger partial charge in [-0.2, -0.15) is 0 Å². The first kappa shape index (κ1) is 11.4. The molecule has 0 aliphatic heterocycles. The van der Waals surface area contributed by atoms with Gasteiger partial charge in [0, 0.05) is 7.11 Å². The molecule has 0 N–H and O–H groups in total. The summed E-state index contributed by atoms with van der Waals surface area (Å²) in [7, 11) is 1.70. The van der Waals surface area contributed by atoms with Crippen LogP contribution < -0.4 is 0 Å². The van der Waals surface area contributed by atoms with E-state index >= 15 is 0 Å². The lowest BCUT2D eigenvalue weighted by molar-refractivity contribution is 0.0529. The van der Waals surface area contributed by atoms with Gasteiger partial charge in [-0.3, -0.25) is 0 Å². The molecule has 1 fully saturated rings. The maximum Gasteiger partial charge on any atom is 0.235 e. The van der Waals surface area contributed by atoms with Gasteiger partial charge in [0.05, 0.1) is 12.6 Å². The van der Waals surface area contributed by atoms with Gasteiger partial charge in [0.15, 0.2) is 0 Å². The standard InChI is InChI=1S/C11H19NO2/c1-14-11(8-12-9-13)10-6-4-2-3-5-7-10/h10-11H,2-8H2,1H3. The number of methoxy groups -OCH3 is 1. The summed E-state index contributed by atoms with van der Waals surface area (Å²) in [5.41, 5.74) is 0. The van der Waals surface area contributed by atoms with Crippen LogP contribution in [0.5, 0.6) is 0 Å². The second-order valence-corrected chi connectivity index (χ2v) is 3.96. The van der Waals surface area contributed by atoms with Crippen molar-refractivity contribution in [2.75, 3.05) is 13.7 Å². The van der Waals surface area contributed by atoms with Crippen LogP contribution in [0.25, 0.3) is 0 Å². The number of aliphatic imine (C=N–C) groups is 1. The van der Waals surface area contributed by atoms with E-state index in [2.05, 4.69) is 4.99 Å². The van der Waals surface area contributed by atoms with Gasteiger partial charge in [-0.25, -0.2) is 9.79 Å². The average molecular weight is 197 g/mol. The summed E-state index contributed by atoms with van der Waals surface area (Å²) in [6.07, 6.45) is 9.38. The Labute approximate surface area is 85.6 Å². The zero-order valence-corrected chi connectivity index (χ0v) is 8.87. The minimum absolute atomic E-state index is 0.120. The lowest BCUT2D eigenvalue weighted by Crippen LogP contribution is -2.25. The molecule has 0 saturated heterocycles. The van der Waals surface area contributed by atoms with Crippen LogP contribution in [0.3, 0.4) is 0 Å². The van der Waals surface area contributed by atoms with E-state index in [1.165, 1.54) is 38.5 Å². The summed E-state index contributed by atoms with van der Waals surface area (Å²) in [4.78, 5) is 13.6. The Morgan fingerprint density at radius 2 is 2.00 bits per heavy atom. The van der Waals surface area contributed by atoms with Crippen molar-refractivity contribution in [2.24, 2.45) is 10.9 Å². The number of ether oxygens (including phenoxy) is 1. The first-order valence-corrected chi connectivity index (χ1v) is 5.45. The number of hydrogen-bond acceptors (Lipinski definition) is 3. The average Bonchev–Trinajstić information content (AvgIpc) is 2.48. The van der Waals surface area contributed by atoms with Crippen LogP contribution in [-0.4, -0.2) is 25.8 Å². The summed E-state index contributed by atoms with van der Waals surface area (Å²) in [6.45, 7) is 0.477. The Morgan fingerprint density at radius 3 is 2.50 bits per heavy atom. The molecule has 1 rings (SSSR count). The van der Waals surface area contributed by atoms with Gasteiger partial charge in [-0.1, -0.05) is 25.7 Å². The minimum Gasteiger partial charge on any atom is -0.379 e. The molecule has 1 aliphatic rings. The largest absolute Gasteiger partial charge is 0.379 e. The number of hydrogen-bond donors (Lipinski definition) is 0. The third-order valence-electron chi connectivity index (χ3n) is 3.06. The molecule has 3 nitrogen and oxygen atoms in total. The maximum absolute atomic E-state index is 10.0. The summed E-state index contributed by atoms with van der Waals surface area (Å²) >= 11 is 0. The molecular weight excluding hydrogens is 178 g/mol. The molecular formula is C11H19NO2. The topological polar surface area (TPSA) is 38.7 Å². The third kappa shape index (κ3) is 3.60. The van der Waals surface area contributed by atoms with E-state index in [0.717, 1.165) is 0 Å². The van der Waals surface area contributed by atoms with Crippen LogP contribution in [0.2, 0.25) is 0 Å². The van der Waals surface area contributed by atoms with E-state index in [1.54, 1.807) is 13.2 Å². The second-order valence-electron chi connectivity index (χ2n) is 3.96. The molecule has 1 saturated carbocycles. The summed E-state index contributed by atoms with van der Waals surface area (Å²) in [5, 5.41) is 0. The molecule has 0 amide bonds. The van der Waals surface area contributed by atoms with E-state index in [1.807, 2.05) is 0 Å². The number of rotatable bonds is 4. The van der Waals surface area contributed by atoms with Gasteiger partial charge in [0.2, 0.25) is 6.08 Å². The van der Waals surface area contributed by atoms with Crippen molar-refractivity contribution in [1.82, 2.24) is 0 Å². The van der Waals surface area contributed by atoms with Crippen LogP contribution in [0.4, 0.5) is 0 Å². The summed E-state index contributed by atoms with van der Waals surface area (Å²) in [6, 6.07) is 0. The number of nitrogens with zero attached hydrogens (tertiary/aromatic N) is 1. The number of carbonyl (C=O) groups excluding carboxylic acids is 1. The third-order valence-corrected chi connectivity index (χ3v) is 3.06. The fraction of sp³-hybridized carbons (Fsp3) is 0.909. The lowest BCUT2D eigenvalue weighted by atomic mass is 9.94. The van der Waals surface area contributed by atoms with E-state index in [4.69, 9.17) is 4.74 Å². The van der Waals surface area contributed by atoms with Crippen molar-refractivity contribution in [3.05, 3.63) is 0 Å². The molecule has 0 aromatic carbocycles. The number of isocyanates is 1.